The van der Waals surface area contributed by atoms with E-state index in [1.165, 1.54) is 18.7 Å². The van der Waals surface area contributed by atoms with E-state index in [2.05, 4.69) is 16.1 Å². The lowest BCUT2D eigenvalue weighted by atomic mass is 10.1. The highest BCUT2D eigenvalue weighted by molar-refractivity contribution is 5.92. The van der Waals surface area contributed by atoms with E-state index >= 15 is 0 Å². The van der Waals surface area contributed by atoms with E-state index in [1.807, 2.05) is 31.2 Å². The minimum absolute atomic E-state index is 0. The summed E-state index contributed by atoms with van der Waals surface area (Å²) >= 11 is 0. The van der Waals surface area contributed by atoms with E-state index in [1.54, 1.807) is 0 Å². The minimum atomic E-state index is -0.181. The number of fused-ring (bicyclic) bond motifs is 1. The van der Waals surface area contributed by atoms with Crippen molar-refractivity contribution in [1.82, 2.24) is 9.55 Å². The van der Waals surface area contributed by atoms with Gasteiger partial charge in [-0.15, -0.1) is 24.8 Å². The van der Waals surface area contributed by atoms with Crippen LogP contribution >= 0.6 is 24.8 Å². The molecule has 0 saturated carbocycles. The normalized spacial score (nSPS) is 13.9. The lowest BCUT2D eigenvalue weighted by Crippen LogP contribution is -2.26. The smallest absolute Gasteiger partial charge is 0.228 e. The Morgan fingerprint density at radius 2 is 2.00 bits per heavy atom. The Kier molecular flexibility index (Phi) is 7.73. The van der Waals surface area contributed by atoms with Gasteiger partial charge in [0, 0.05) is 42.9 Å². The highest BCUT2D eigenvalue weighted by atomic mass is 35.5. The molecule has 2 heterocycles. The summed E-state index contributed by atoms with van der Waals surface area (Å²) in [6, 6.07) is 7.82. The van der Waals surface area contributed by atoms with Gasteiger partial charge in [-0.25, -0.2) is 4.98 Å². The fraction of sp³-hybridized carbons (Fsp3) is 0.412. The molecule has 0 aliphatic carbocycles. The summed E-state index contributed by atoms with van der Waals surface area (Å²) in [5.74, 6) is 0.947. The maximum atomic E-state index is 11.8. The average Bonchev–Trinajstić information content (AvgIpc) is 2.98. The Balaban J connectivity index is 0.00000144. The van der Waals surface area contributed by atoms with Gasteiger partial charge in [-0.05, 0) is 25.0 Å². The molecule has 0 bridgehead atoms. The second kappa shape index (κ2) is 9.06. The summed E-state index contributed by atoms with van der Waals surface area (Å²) in [4.78, 5) is 16.5. The number of benzene rings is 1. The fourth-order valence-electron chi connectivity index (χ4n) is 2.65. The zero-order valence-corrected chi connectivity index (χ0v) is 15.3. The number of nitrogens with two attached hydrogens (primary N) is 1. The third kappa shape index (κ3) is 4.50. The molecular weight excluding hydrogens is 347 g/mol. The number of aryl methyl sites for hydroxylation is 2. The molecular formula is C17H24Cl2N4O. The van der Waals surface area contributed by atoms with Gasteiger partial charge in [0.25, 0.3) is 0 Å². The first kappa shape index (κ1) is 20.5. The molecule has 3 rings (SSSR count). The zero-order chi connectivity index (χ0) is 15.5. The lowest BCUT2D eigenvalue weighted by molar-refractivity contribution is -0.119. The maximum Gasteiger partial charge on any atom is 0.228 e. The van der Waals surface area contributed by atoms with Gasteiger partial charge in [-0.1, -0.05) is 19.1 Å². The van der Waals surface area contributed by atoms with Crippen molar-refractivity contribution in [2.24, 2.45) is 11.7 Å². The first-order valence-corrected chi connectivity index (χ1v) is 7.85. The van der Waals surface area contributed by atoms with Crippen LogP contribution in [0.25, 0.3) is 11.3 Å². The van der Waals surface area contributed by atoms with Crippen LogP contribution in [0.5, 0.6) is 0 Å². The van der Waals surface area contributed by atoms with Crippen LogP contribution in [0.4, 0.5) is 5.69 Å². The second-order valence-electron chi connectivity index (χ2n) is 5.90. The number of hydrogen-bond acceptors (Lipinski definition) is 3. The average molecular weight is 371 g/mol. The molecule has 1 aliphatic rings. The third-order valence-electron chi connectivity index (χ3n) is 4.16. The van der Waals surface area contributed by atoms with Crippen molar-refractivity contribution in [2.75, 3.05) is 11.9 Å². The molecule has 1 aliphatic heterocycles. The summed E-state index contributed by atoms with van der Waals surface area (Å²) in [5.41, 5.74) is 8.37. The molecule has 0 saturated heterocycles. The van der Waals surface area contributed by atoms with Crippen LogP contribution in [0.1, 0.15) is 25.6 Å². The van der Waals surface area contributed by atoms with Gasteiger partial charge in [0.2, 0.25) is 5.91 Å². The van der Waals surface area contributed by atoms with Crippen molar-refractivity contribution < 1.29 is 4.79 Å². The van der Waals surface area contributed by atoms with Gasteiger partial charge in [-0.2, -0.15) is 0 Å². The Bertz CT molecular complexity index is 646. The predicted octanol–water partition coefficient (Wildman–Crippen LogP) is 3.26. The van der Waals surface area contributed by atoms with Crippen molar-refractivity contribution in [3.05, 3.63) is 36.3 Å². The standard InChI is InChI=1S/C17H22N4O.2ClH/c1-12(10-18)17(22)19-14-7-5-13(6-8-14)15-11-21-9-3-2-4-16(21)20-15;;/h5-8,11-12H,2-4,9-10,18H2,1H3,(H,19,22);2*1H. The first-order chi connectivity index (χ1) is 10.7. The molecule has 1 unspecified atom stereocenters. The molecule has 0 radical (unpaired) electrons. The van der Waals surface area contributed by atoms with Crippen LogP contribution in [0.15, 0.2) is 30.5 Å². The summed E-state index contributed by atoms with van der Waals surface area (Å²) in [6.45, 7) is 3.23. The van der Waals surface area contributed by atoms with Crippen molar-refractivity contribution in [3.8, 4) is 11.3 Å². The van der Waals surface area contributed by atoms with Crippen molar-refractivity contribution in [3.63, 3.8) is 0 Å². The molecule has 0 spiro atoms. The van der Waals surface area contributed by atoms with E-state index in [0.29, 0.717) is 6.54 Å². The molecule has 24 heavy (non-hydrogen) atoms. The number of amides is 1. The number of anilines is 1. The van der Waals surface area contributed by atoms with Crippen LogP contribution < -0.4 is 11.1 Å². The maximum absolute atomic E-state index is 11.8. The number of imidazole rings is 1. The Morgan fingerprint density at radius 3 is 2.62 bits per heavy atom. The molecule has 132 valence electrons. The fourth-order valence-corrected chi connectivity index (χ4v) is 2.65. The quantitative estimate of drug-likeness (QED) is 0.867. The van der Waals surface area contributed by atoms with Gasteiger partial charge < -0.3 is 15.6 Å². The molecule has 0 fully saturated rings. The molecule has 1 amide bonds. The summed E-state index contributed by atoms with van der Waals surface area (Å²) in [5, 5.41) is 2.88. The second-order valence-corrected chi connectivity index (χ2v) is 5.90. The highest BCUT2D eigenvalue weighted by Crippen LogP contribution is 2.24. The number of hydrogen-bond donors (Lipinski definition) is 2. The number of rotatable bonds is 4. The number of halogens is 2. The topological polar surface area (TPSA) is 72.9 Å². The van der Waals surface area contributed by atoms with Crippen LogP contribution in [0.3, 0.4) is 0 Å². The Morgan fingerprint density at radius 1 is 1.29 bits per heavy atom. The van der Waals surface area contributed by atoms with Gasteiger partial charge >= 0.3 is 0 Å². The highest BCUT2D eigenvalue weighted by Gasteiger charge is 2.14. The van der Waals surface area contributed by atoms with Gasteiger partial charge in [-0.3, -0.25) is 4.79 Å². The Hall–Kier alpha value is -1.56. The first-order valence-electron chi connectivity index (χ1n) is 7.85. The number of nitrogens with one attached hydrogen (secondary N) is 1. The van der Waals surface area contributed by atoms with Crippen LogP contribution in [-0.2, 0) is 17.8 Å². The van der Waals surface area contributed by atoms with E-state index in [-0.39, 0.29) is 36.6 Å². The summed E-state index contributed by atoms with van der Waals surface area (Å²) in [6.07, 6.45) is 5.64. The van der Waals surface area contributed by atoms with E-state index in [9.17, 15) is 4.79 Å². The summed E-state index contributed by atoms with van der Waals surface area (Å²) < 4.78 is 2.25. The van der Waals surface area contributed by atoms with E-state index < -0.39 is 0 Å². The van der Waals surface area contributed by atoms with Crippen molar-refractivity contribution >= 4 is 36.4 Å². The largest absolute Gasteiger partial charge is 0.334 e. The van der Waals surface area contributed by atoms with E-state index in [4.69, 9.17) is 10.7 Å². The minimum Gasteiger partial charge on any atom is -0.334 e. The Labute approximate surface area is 154 Å². The van der Waals surface area contributed by atoms with Gasteiger partial charge in [0.15, 0.2) is 0 Å². The van der Waals surface area contributed by atoms with Crippen molar-refractivity contribution in [2.45, 2.75) is 32.7 Å². The summed E-state index contributed by atoms with van der Waals surface area (Å²) in [7, 11) is 0. The van der Waals surface area contributed by atoms with Gasteiger partial charge in [0.05, 0.1) is 5.69 Å². The SMILES string of the molecule is CC(CN)C(=O)Nc1ccc(-c2cn3c(n2)CCCC3)cc1.Cl.Cl. The molecule has 1 aromatic heterocycles. The molecule has 1 aromatic carbocycles. The van der Waals surface area contributed by atoms with E-state index in [0.717, 1.165) is 29.9 Å². The molecule has 7 heteroatoms. The lowest BCUT2D eigenvalue weighted by Gasteiger charge is -2.11. The van der Waals surface area contributed by atoms with Crippen LogP contribution in [-0.4, -0.2) is 22.0 Å². The predicted molar refractivity (Wildman–Crippen MR) is 102 cm³/mol. The number of carbonyl (C=O) groups excluding carboxylic acids is 1. The number of carbonyl (C=O) groups is 1. The third-order valence-corrected chi connectivity index (χ3v) is 4.16. The number of aromatic nitrogens is 2. The van der Waals surface area contributed by atoms with Gasteiger partial charge in [0.1, 0.15) is 5.82 Å². The number of nitrogens with zero attached hydrogens (tertiary/aromatic N) is 2. The van der Waals surface area contributed by atoms with Crippen molar-refractivity contribution in [1.29, 1.82) is 0 Å². The zero-order valence-electron chi connectivity index (χ0n) is 13.7. The monoisotopic (exact) mass is 370 g/mol. The van der Waals surface area contributed by atoms with Crippen LogP contribution in [0.2, 0.25) is 0 Å². The molecule has 5 nitrogen and oxygen atoms in total. The molecule has 3 N–H and O–H groups in total. The van der Waals surface area contributed by atoms with Crippen LogP contribution in [0, 0.1) is 5.92 Å². The molecule has 1 atom stereocenters. The molecule has 2 aromatic rings.